The van der Waals surface area contributed by atoms with Crippen molar-refractivity contribution in [1.82, 2.24) is 20.2 Å². The number of benzene rings is 1. The lowest BCUT2D eigenvalue weighted by Gasteiger charge is -2.17. The van der Waals surface area contributed by atoms with Crippen LogP contribution < -0.4 is 5.73 Å². The second-order valence-corrected chi connectivity index (χ2v) is 5.78. The fraction of sp³-hybridized carbons (Fsp3) is 0.462. The van der Waals surface area contributed by atoms with E-state index in [1.807, 2.05) is 0 Å². The van der Waals surface area contributed by atoms with Crippen LogP contribution >= 0.6 is 0 Å². The van der Waals surface area contributed by atoms with Crippen molar-refractivity contribution in [3.8, 4) is 11.4 Å². The fourth-order valence-electron chi connectivity index (χ4n) is 1.70. The molecule has 2 N–H and O–H groups in total. The summed E-state index contributed by atoms with van der Waals surface area (Å²) in [4.78, 5) is 0. The number of aryl methyl sites for hydroxylation is 1. The van der Waals surface area contributed by atoms with Crippen molar-refractivity contribution in [2.75, 3.05) is 5.73 Å². The van der Waals surface area contributed by atoms with E-state index in [4.69, 9.17) is 5.73 Å². The van der Waals surface area contributed by atoms with E-state index in [9.17, 15) is 4.39 Å². The summed E-state index contributed by atoms with van der Waals surface area (Å²) in [7, 11) is 0. The van der Waals surface area contributed by atoms with E-state index in [1.54, 1.807) is 10.7 Å². The largest absolute Gasteiger partial charge is 0.399 e. The molecule has 6 heteroatoms. The fourth-order valence-corrected chi connectivity index (χ4v) is 1.70. The third-order valence-corrected chi connectivity index (χ3v) is 2.84. The number of aromatic nitrogens is 4. The molecular formula is C13H18FN5. The summed E-state index contributed by atoms with van der Waals surface area (Å²) in [5.74, 6) is 0.0371. The molecule has 19 heavy (non-hydrogen) atoms. The Morgan fingerprint density at radius 1 is 1.32 bits per heavy atom. The maximum Gasteiger partial charge on any atom is 0.185 e. The predicted octanol–water partition coefficient (Wildman–Crippen LogP) is 2.50. The van der Waals surface area contributed by atoms with Crippen LogP contribution in [0.25, 0.3) is 11.4 Å². The standard InChI is InChI=1S/C13H18FN5/c1-13(2,3)6-7-19-12(16-17-18-19)10-8-9(15)4-5-11(10)14/h4-5,8H,6-7,15H2,1-3H3. The number of rotatable bonds is 3. The molecule has 5 nitrogen and oxygen atoms in total. The zero-order chi connectivity index (χ0) is 14.0. The van der Waals surface area contributed by atoms with E-state index in [-0.39, 0.29) is 11.2 Å². The summed E-state index contributed by atoms with van der Waals surface area (Å²) < 4.78 is 15.4. The van der Waals surface area contributed by atoms with E-state index in [0.717, 1.165) is 6.42 Å². The quantitative estimate of drug-likeness (QED) is 0.864. The average Bonchev–Trinajstić information content (AvgIpc) is 2.77. The van der Waals surface area contributed by atoms with Crippen LogP contribution in [0, 0.1) is 11.2 Å². The van der Waals surface area contributed by atoms with Crippen molar-refractivity contribution in [2.24, 2.45) is 5.41 Å². The number of halogens is 1. The molecule has 0 fully saturated rings. The van der Waals surface area contributed by atoms with Gasteiger partial charge in [-0.1, -0.05) is 20.8 Å². The molecule has 0 saturated carbocycles. The molecule has 1 heterocycles. The van der Waals surface area contributed by atoms with Gasteiger partial charge in [-0.3, -0.25) is 0 Å². The van der Waals surface area contributed by atoms with Gasteiger partial charge in [-0.2, -0.15) is 0 Å². The van der Waals surface area contributed by atoms with E-state index in [2.05, 4.69) is 36.3 Å². The van der Waals surface area contributed by atoms with Gasteiger partial charge in [0, 0.05) is 12.2 Å². The predicted molar refractivity (Wildman–Crippen MR) is 71.7 cm³/mol. The Labute approximate surface area is 111 Å². The van der Waals surface area contributed by atoms with Crippen LogP contribution in [-0.2, 0) is 6.54 Å². The summed E-state index contributed by atoms with van der Waals surface area (Å²) in [6, 6.07) is 4.39. The van der Waals surface area contributed by atoms with Gasteiger partial charge in [-0.05, 0) is 40.5 Å². The number of nitrogens with two attached hydrogens (primary N) is 1. The first-order chi connectivity index (χ1) is 8.87. The first-order valence-electron chi connectivity index (χ1n) is 6.18. The van der Waals surface area contributed by atoms with Crippen LogP contribution in [-0.4, -0.2) is 20.2 Å². The number of nitrogens with zero attached hydrogens (tertiary/aromatic N) is 4. The second kappa shape index (κ2) is 4.95. The molecule has 2 rings (SSSR count). The molecule has 0 atom stereocenters. The lowest BCUT2D eigenvalue weighted by molar-refractivity contribution is 0.340. The summed E-state index contributed by atoms with van der Waals surface area (Å²) in [5.41, 5.74) is 6.67. The molecule has 2 aromatic rings. The molecule has 0 bridgehead atoms. The lowest BCUT2D eigenvalue weighted by atomic mass is 9.92. The van der Waals surface area contributed by atoms with E-state index in [1.165, 1.54) is 12.1 Å². The maximum absolute atomic E-state index is 13.8. The minimum absolute atomic E-state index is 0.164. The van der Waals surface area contributed by atoms with Crippen molar-refractivity contribution in [3.63, 3.8) is 0 Å². The van der Waals surface area contributed by atoms with Crippen LogP contribution in [0.2, 0.25) is 0 Å². The summed E-state index contributed by atoms with van der Waals surface area (Å²) in [6.07, 6.45) is 0.898. The number of tetrazole rings is 1. The molecule has 1 aromatic heterocycles. The average molecular weight is 263 g/mol. The Bertz CT molecular complexity index is 571. The van der Waals surface area contributed by atoms with Crippen LogP contribution in [0.5, 0.6) is 0 Å². The minimum atomic E-state index is -0.374. The van der Waals surface area contributed by atoms with Gasteiger partial charge >= 0.3 is 0 Å². The Kier molecular flexibility index (Phi) is 3.50. The SMILES string of the molecule is CC(C)(C)CCn1nnnc1-c1cc(N)ccc1F. The van der Waals surface area contributed by atoms with Gasteiger partial charge in [0.25, 0.3) is 0 Å². The molecule has 0 saturated heterocycles. The molecule has 102 valence electrons. The number of hydrogen-bond acceptors (Lipinski definition) is 4. The van der Waals surface area contributed by atoms with Gasteiger partial charge in [0.15, 0.2) is 5.82 Å². The van der Waals surface area contributed by atoms with Gasteiger partial charge in [-0.25, -0.2) is 9.07 Å². The third kappa shape index (κ3) is 3.27. The first-order valence-corrected chi connectivity index (χ1v) is 6.18. The van der Waals surface area contributed by atoms with Crippen molar-refractivity contribution >= 4 is 5.69 Å². The number of nitrogen functional groups attached to an aromatic ring is 1. The molecule has 0 aliphatic carbocycles. The number of hydrogen-bond donors (Lipinski definition) is 1. The highest BCUT2D eigenvalue weighted by molar-refractivity contribution is 5.61. The summed E-state index contributed by atoms with van der Waals surface area (Å²) >= 11 is 0. The molecule has 1 aromatic carbocycles. The zero-order valence-electron chi connectivity index (χ0n) is 11.4. The Morgan fingerprint density at radius 3 is 2.74 bits per heavy atom. The zero-order valence-corrected chi connectivity index (χ0v) is 11.4. The highest BCUT2D eigenvalue weighted by Gasteiger charge is 2.16. The normalized spacial score (nSPS) is 11.8. The van der Waals surface area contributed by atoms with Gasteiger partial charge in [0.2, 0.25) is 0 Å². The highest BCUT2D eigenvalue weighted by Crippen LogP contribution is 2.24. The van der Waals surface area contributed by atoms with Gasteiger partial charge in [-0.15, -0.1) is 5.10 Å². The van der Waals surface area contributed by atoms with Gasteiger partial charge in [0.05, 0.1) is 5.56 Å². The second-order valence-electron chi connectivity index (χ2n) is 5.78. The maximum atomic E-state index is 13.8. The Morgan fingerprint density at radius 2 is 2.05 bits per heavy atom. The third-order valence-electron chi connectivity index (χ3n) is 2.84. The highest BCUT2D eigenvalue weighted by atomic mass is 19.1. The van der Waals surface area contributed by atoms with E-state index < -0.39 is 0 Å². The van der Waals surface area contributed by atoms with Crippen LogP contribution in [0.15, 0.2) is 18.2 Å². The van der Waals surface area contributed by atoms with Crippen molar-refractivity contribution in [1.29, 1.82) is 0 Å². The van der Waals surface area contributed by atoms with Crippen molar-refractivity contribution in [2.45, 2.75) is 33.7 Å². The van der Waals surface area contributed by atoms with E-state index in [0.29, 0.717) is 23.6 Å². The molecule has 0 amide bonds. The molecular weight excluding hydrogens is 245 g/mol. The van der Waals surface area contributed by atoms with Crippen molar-refractivity contribution < 1.29 is 4.39 Å². The molecule has 0 unspecified atom stereocenters. The minimum Gasteiger partial charge on any atom is -0.399 e. The van der Waals surface area contributed by atoms with Crippen LogP contribution in [0.4, 0.5) is 10.1 Å². The van der Waals surface area contributed by atoms with Crippen molar-refractivity contribution in [3.05, 3.63) is 24.0 Å². The summed E-state index contributed by atoms with van der Waals surface area (Å²) in [6.45, 7) is 7.05. The number of anilines is 1. The molecule has 0 aliphatic heterocycles. The van der Waals surface area contributed by atoms with E-state index >= 15 is 0 Å². The monoisotopic (exact) mass is 263 g/mol. The molecule has 0 spiro atoms. The molecule has 0 radical (unpaired) electrons. The Hall–Kier alpha value is -1.98. The smallest absolute Gasteiger partial charge is 0.185 e. The topological polar surface area (TPSA) is 69.6 Å². The lowest BCUT2D eigenvalue weighted by Crippen LogP contribution is -2.12. The first kappa shape index (κ1) is 13.5. The van der Waals surface area contributed by atoms with Gasteiger partial charge < -0.3 is 5.73 Å². The van der Waals surface area contributed by atoms with Crippen LogP contribution in [0.1, 0.15) is 27.2 Å². The van der Waals surface area contributed by atoms with Gasteiger partial charge in [0.1, 0.15) is 5.82 Å². The van der Waals surface area contributed by atoms with Crippen LogP contribution in [0.3, 0.4) is 0 Å². The summed E-state index contributed by atoms with van der Waals surface area (Å²) in [5, 5.41) is 11.4. The molecule has 0 aliphatic rings. The Balaban J connectivity index is 2.31.